The first kappa shape index (κ1) is 18.5. The number of carbonyl (C=O) groups is 1. The van der Waals surface area contributed by atoms with Gasteiger partial charge in [-0.15, -0.1) is 0 Å². The van der Waals surface area contributed by atoms with Crippen molar-refractivity contribution in [1.29, 1.82) is 0 Å². The zero-order valence-electron chi connectivity index (χ0n) is 14.9. The third-order valence-electron chi connectivity index (χ3n) is 3.77. The molecule has 0 spiro atoms. The number of pyridine rings is 1. The average Bonchev–Trinajstić information content (AvgIpc) is 2.66. The van der Waals surface area contributed by atoms with E-state index in [0.717, 1.165) is 16.8 Å². The van der Waals surface area contributed by atoms with Gasteiger partial charge in [-0.2, -0.15) is 0 Å². The van der Waals surface area contributed by atoms with Gasteiger partial charge >= 0.3 is 0 Å². The zero-order valence-corrected chi connectivity index (χ0v) is 14.9. The lowest BCUT2D eigenvalue weighted by atomic mass is 10.2. The first-order valence-corrected chi connectivity index (χ1v) is 8.54. The van der Waals surface area contributed by atoms with E-state index in [1.165, 1.54) is 19.1 Å². The fraction of sp³-hybridized carbons (Fsp3) is 0.143. The van der Waals surface area contributed by atoms with Crippen LogP contribution in [0.5, 0.6) is 11.6 Å². The van der Waals surface area contributed by atoms with Crippen molar-refractivity contribution in [3.05, 3.63) is 83.8 Å². The lowest BCUT2D eigenvalue weighted by Gasteiger charge is -2.08. The summed E-state index contributed by atoms with van der Waals surface area (Å²) < 4.78 is 18.5. The molecular formula is C21H20FN3O2. The smallest absolute Gasteiger partial charge is 0.221 e. The molecule has 1 heterocycles. The molecule has 0 saturated heterocycles. The molecule has 3 aromatic rings. The number of nitrogens with one attached hydrogen (secondary N) is 2. The molecule has 1 aromatic heterocycles. The van der Waals surface area contributed by atoms with Crippen LogP contribution in [0.4, 0.5) is 10.1 Å². The van der Waals surface area contributed by atoms with E-state index in [1.807, 2.05) is 30.3 Å². The minimum Gasteiger partial charge on any atom is -0.439 e. The highest BCUT2D eigenvalue weighted by atomic mass is 19.1. The average molecular weight is 365 g/mol. The molecule has 0 bridgehead atoms. The fourth-order valence-electron chi connectivity index (χ4n) is 2.46. The van der Waals surface area contributed by atoms with Gasteiger partial charge in [-0.05, 0) is 47.5 Å². The van der Waals surface area contributed by atoms with Crippen LogP contribution in [0.3, 0.4) is 0 Å². The van der Waals surface area contributed by atoms with Crippen molar-refractivity contribution in [2.24, 2.45) is 0 Å². The number of hydrogen-bond donors (Lipinski definition) is 2. The highest BCUT2D eigenvalue weighted by Gasteiger charge is 2.01. The number of ether oxygens (including phenoxy) is 1. The number of nitrogens with zero attached hydrogens (tertiary/aromatic N) is 1. The summed E-state index contributed by atoms with van der Waals surface area (Å²) in [5.41, 5.74) is 2.93. The zero-order chi connectivity index (χ0) is 19.1. The molecule has 3 rings (SSSR count). The van der Waals surface area contributed by atoms with Crippen LogP contribution in [-0.4, -0.2) is 10.9 Å². The van der Waals surface area contributed by atoms with Crippen LogP contribution in [-0.2, 0) is 17.9 Å². The summed E-state index contributed by atoms with van der Waals surface area (Å²) in [5, 5.41) is 6.09. The number of hydrogen-bond acceptors (Lipinski definition) is 4. The molecule has 2 N–H and O–H groups in total. The number of anilines is 1. The molecule has 0 aliphatic rings. The summed E-state index contributed by atoms with van der Waals surface area (Å²) in [4.78, 5) is 15.3. The summed E-state index contributed by atoms with van der Waals surface area (Å²) in [7, 11) is 0. The Labute approximate surface area is 157 Å². The normalized spacial score (nSPS) is 10.4. The van der Waals surface area contributed by atoms with E-state index in [1.54, 1.807) is 24.4 Å². The lowest BCUT2D eigenvalue weighted by Crippen LogP contribution is -2.13. The quantitative estimate of drug-likeness (QED) is 0.657. The minimum absolute atomic E-state index is 0.0831. The van der Waals surface area contributed by atoms with Gasteiger partial charge in [-0.3, -0.25) is 4.79 Å². The Morgan fingerprint density at radius 2 is 1.63 bits per heavy atom. The van der Waals surface area contributed by atoms with E-state index in [9.17, 15) is 9.18 Å². The summed E-state index contributed by atoms with van der Waals surface area (Å²) >= 11 is 0. The Kier molecular flexibility index (Phi) is 6.12. The number of carbonyl (C=O) groups excluding carboxylic acids is 1. The van der Waals surface area contributed by atoms with Gasteiger partial charge < -0.3 is 15.4 Å². The van der Waals surface area contributed by atoms with Crippen LogP contribution >= 0.6 is 0 Å². The molecule has 138 valence electrons. The van der Waals surface area contributed by atoms with Crippen molar-refractivity contribution in [1.82, 2.24) is 10.3 Å². The molecule has 27 heavy (non-hydrogen) atoms. The molecule has 0 aliphatic heterocycles. The maximum Gasteiger partial charge on any atom is 0.221 e. The summed E-state index contributed by atoms with van der Waals surface area (Å²) in [6.07, 6.45) is 1.74. The standard InChI is InChI=1S/C21H20FN3O2/c1-15(26)25-19-7-2-16(3-8-19)12-23-13-17-4-11-21(24-14-17)27-20-9-5-18(22)6-10-20/h2-11,14,23H,12-13H2,1H3,(H,25,26). The Hall–Kier alpha value is -3.25. The Balaban J connectivity index is 1.47. The molecular weight excluding hydrogens is 345 g/mol. The van der Waals surface area contributed by atoms with E-state index >= 15 is 0 Å². The van der Waals surface area contributed by atoms with Crippen molar-refractivity contribution in [2.45, 2.75) is 20.0 Å². The highest BCUT2D eigenvalue weighted by Crippen LogP contribution is 2.19. The van der Waals surface area contributed by atoms with Crippen molar-refractivity contribution < 1.29 is 13.9 Å². The van der Waals surface area contributed by atoms with Crippen LogP contribution in [0.25, 0.3) is 0 Å². The molecule has 6 heteroatoms. The monoisotopic (exact) mass is 365 g/mol. The van der Waals surface area contributed by atoms with E-state index in [4.69, 9.17) is 4.74 Å². The second kappa shape index (κ2) is 8.91. The molecule has 0 unspecified atom stereocenters. The minimum atomic E-state index is -0.304. The molecule has 0 fully saturated rings. The van der Waals surface area contributed by atoms with Gasteiger partial charge in [0.2, 0.25) is 11.8 Å². The van der Waals surface area contributed by atoms with Crippen molar-refractivity contribution in [3.63, 3.8) is 0 Å². The molecule has 2 aromatic carbocycles. The number of halogens is 1. The van der Waals surface area contributed by atoms with Crippen molar-refractivity contribution in [3.8, 4) is 11.6 Å². The second-order valence-electron chi connectivity index (χ2n) is 6.04. The topological polar surface area (TPSA) is 63.2 Å². The third kappa shape index (κ3) is 5.90. The maximum absolute atomic E-state index is 12.9. The van der Waals surface area contributed by atoms with Gasteiger partial charge in [0, 0.05) is 38.0 Å². The van der Waals surface area contributed by atoms with Gasteiger partial charge in [0.1, 0.15) is 11.6 Å². The van der Waals surface area contributed by atoms with Crippen molar-refractivity contribution in [2.75, 3.05) is 5.32 Å². The first-order chi connectivity index (χ1) is 13.1. The molecule has 0 aliphatic carbocycles. The highest BCUT2D eigenvalue weighted by molar-refractivity contribution is 5.88. The Morgan fingerprint density at radius 1 is 0.963 bits per heavy atom. The SMILES string of the molecule is CC(=O)Nc1ccc(CNCc2ccc(Oc3ccc(F)cc3)nc2)cc1. The summed E-state index contributed by atoms with van der Waals surface area (Å²) in [6.45, 7) is 2.85. The van der Waals surface area contributed by atoms with Crippen molar-refractivity contribution >= 4 is 11.6 Å². The second-order valence-corrected chi connectivity index (χ2v) is 6.04. The number of amides is 1. The van der Waals surface area contributed by atoms with E-state index in [0.29, 0.717) is 24.7 Å². The number of aromatic nitrogens is 1. The molecule has 0 atom stereocenters. The van der Waals surface area contributed by atoms with E-state index in [2.05, 4.69) is 15.6 Å². The summed E-state index contributed by atoms with van der Waals surface area (Å²) in [5.74, 6) is 0.609. The van der Waals surface area contributed by atoms with Crippen LogP contribution < -0.4 is 15.4 Å². The Bertz CT molecular complexity index is 879. The fourth-order valence-corrected chi connectivity index (χ4v) is 2.46. The molecule has 5 nitrogen and oxygen atoms in total. The predicted octanol–water partition coefficient (Wildman–Crippen LogP) is 4.26. The molecule has 0 saturated carbocycles. The number of benzene rings is 2. The van der Waals surface area contributed by atoms with Crippen LogP contribution in [0.2, 0.25) is 0 Å². The first-order valence-electron chi connectivity index (χ1n) is 8.54. The van der Waals surface area contributed by atoms with Gasteiger partial charge in [0.25, 0.3) is 0 Å². The predicted molar refractivity (Wildman–Crippen MR) is 102 cm³/mol. The number of rotatable bonds is 7. The molecule has 0 radical (unpaired) electrons. The van der Waals surface area contributed by atoms with Crippen LogP contribution in [0.1, 0.15) is 18.1 Å². The summed E-state index contributed by atoms with van der Waals surface area (Å²) in [6, 6.07) is 17.2. The third-order valence-corrected chi connectivity index (χ3v) is 3.77. The largest absolute Gasteiger partial charge is 0.439 e. The van der Waals surface area contributed by atoms with Gasteiger partial charge in [0.15, 0.2) is 0 Å². The Morgan fingerprint density at radius 3 is 2.26 bits per heavy atom. The van der Waals surface area contributed by atoms with E-state index < -0.39 is 0 Å². The van der Waals surface area contributed by atoms with Crippen LogP contribution in [0, 0.1) is 5.82 Å². The lowest BCUT2D eigenvalue weighted by molar-refractivity contribution is -0.114. The van der Waals surface area contributed by atoms with E-state index in [-0.39, 0.29) is 11.7 Å². The van der Waals surface area contributed by atoms with Gasteiger partial charge in [0.05, 0.1) is 0 Å². The van der Waals surface area contributed by atoms with Crippen LogP contribution in [0.15, 0.2) is 66.9 Å². The van der Waals surface area contributed by atoms with Gasteiger partial charge in [-0.1, -0.05) is 18.2 Å². The maximum atomic E-state index is 12.9. The van der Waals surface area contributed by atoms with Gasteiger partial charge in [-0.25, -0.2) is 9.37 Å². The molecule has 1 amide bonds.